The Morgan fingerprint density at radius 1 is 0.598 bits per heavy atom. The van der Waals surface area contributed by atoms with Crippen LogP contribution in [0.3, 0.4) is 0 Å². The Morgan fingerprint density at radius 3 is 1.68 bits per heavy atom. The highest BCUT2D eigenvalue weighted by Crippen LogP contribution is 2.24. The standard InChI is InChI=1S/C59H94N14O19/c1-30(2)19-14-12-10-8-9-11-13-15-22-41(75)65-35(25-40(61)74)52(84)71-49-34(7)64-53(85)39-21-18-24-73(39)57(89)46(31(3)4)69-56(88)48(33(6)60)68-43(77)29-63-50(82)36(26-44(78)79)66-42(76)28-62-51(83)37(27-45(80)81)67-55(87)47(32(5)59(91)92)70-54(86)38-20-16-17-23-72(38)58(49)90/h13,15,30-39,46-49H,8-12,14,16-29,60H2,1-7H3,(H2,61,74)(H,62,83)(H,63,82)(H,64,85)(H,65,75)(H,66,76)(H,67,87)(H,68,77)(H,69,88)(H,70,86)(H,71,84)(H,78,79)(H,80,81)(H,91,92)/b15-13-/t32-,33+,34+,35-,36-,37-,38+,39?,46-,47-,48+,49-/m0/s1. The predicted octanol–water partition coefficient (Wildman–Crippen LogP) is -3.62. The first-order valence-electron chi connectivity index (χ1n) is 31.2. The van der Waals surface area contributed by atoms with Gasteiger partial charge in [0.05, 0.1) is 44.3 Å². The molecule has 33 nitrogen and oxygen atoms in total. The number of hydrogen-bond donors (Lipinski definition) is 15. The summed E-state index contributed by atoms with van der Waals surface area (Å²) in [5.74, 6) is -21.1. The number of aliphatic carboxylic acids is 3. The summed E-state index contributed by atoms with van der Waals surface area (Å²) in [6.45, 7) is 8.81. The van der Waals surface area contributed by atoms with Gasteiger partial charge in [-0.25, -0.2) is 0 Å². The normalized spacial score (nSPS) is 25.2. The van der Waals surface area contributed by atoms with Gasteiger partial charge in [-0.15, -0.1) is 0 Å². The average Bonchev–Trinajstić information content (AvgIpc) is 1.26. The lowest BCUT2D eigenvalue weighted by Crippen LogP contribution is -2.66. The molecule has 0 aromatic rings. The van der Waals surface area contributed by atoms with Gasteiger partial charge in [-0.1, -0.05) is 72.0 Å². The van der Waals surface area contributed by atoms with Crippen molar-refractivity contribution in [2.24, 2.45) is 29.2 Å². The van der Waals surface area contributed by atoms with E-state index in [1.165, 1.54) is 18.7 Å². The highest BCUT2D eigenvalue weighted by molar-refractivity contribution is 6.01. The number of rotatable bonds is 23. The SMILES string of the molecule is CC(C)CCCCCCC/C=C\CC(=O)N[C@@H](CC(N)=O)C(=O)N[C@@H]1C(=O)N2CCCC[C@@H]2C(=O)N[C@@H]([C@H](C)C(=O)O)C(=O)N[C@@H](CC(=O)O)C(=O)NCC(=O)N[C@@H](CC(=O)O)C(=O)NCC(=O)N[C@H]([C@@H](C)N)C(=O)N[C@@H](C(C)C)C(=O)N2CCCC2C(=O)N[C@@H]1C. The molecule has 3 saturated heterocycles. The molecule has 3 aliphatic heterocycles. The van der Waals surface area contributed by atoms with Gasteiger partial charge in [0.15, 0.2) is 0 Å². The number of carbonyl (C=O) groups is 16. The second kappa shape index (κ2) is 38.2. The Morgan fingerprint density at radius 2 is 1.12 bits per heavy atom. The zero-order chi connectivity index (χ0) is 69.1. The van der Waals surface area contributed by atoms with E-state index in [1.54, 1.807) is 19.9 Å². The fourth-order valence-corrected chi connectivity index (χ4v) is 10.6. The minimum absolute atomic E-state index is 0.0284. The molecule has 13 amide bonds. The lowest BCUT2D eigenvalue weighted by atomic mass is 9.96. The van der Waals surface area contributed by atoms with E-state index in [-0.39, 0.29) is 51.6 Å². The lowest BCUT2D eigenvalue weighted by Gasteiger charge is -2.39. The maximum absolute atomic E-state index is 15.2. The summed E-state index contributed by atoms with van der Waals surface area (Å²) in [6, 6.07) is -18.3. The molecule has 12 atom stereocenters. The molecular formula is C59H94N14O19. The number of unbranched alkanes of at least 4 members (excludes halogenated alkanes) is 5. The number of piperidine rings is 1. The summed E-state index contributed by atoms with van der Waals surface area (Å²) in [5.41, 5.74) is 11.7. The van der Waals surface area contributed by atoms with Crippen molar-refractivity contribution in [3.8, 4) is 0 Å². The van der Waals surface area contributed by atoms with Gasteiger partial charge in [-0.2, -0.15) is 0 Å². The van der Waals surface area contributed by atoms with E-state index in [9.17, 15) is 87.2 Å². The number of carboxylic acids is 3. The van der Waals surface area contributed by atoms with Crippen LogP contribution in [0.2, 0.25) is 0 Å². The first-order valence-corrected chi connectivity index (χ1v) is 31.2. The van der Waals surface area contributed by atoms with Crippen LogP contribution in [0.4, 0.5) is 0 Å². The van der Waals surface area contributed by atoms with Gasteiger partial charge in [-0.05, 0) is 77.6 Å². The van der Waals surface area contributed by atoms with Gasteiger partial charge in [0.1, 0.15) is 54.4 Å². The van der Waals surface area contributed by atoms with Gasteiger partial charge in [0.2, 0.25) is 76.8 Å². The van der Waals surface area contributed by atoms with E-state index < -0.39 is 205 Å². The third-order valence-corrected chi connectivity index (χ3v) is 15.8. The maximum Gasteiger partial charge on any atom is 0.308 e. The number of primary amides is 1. The quantitative estimate of drug-likeness (QED) is 0.0347. The van der Waals surface area contributed by atoms with Crippen LogP contribution < -0.4 is 64.6 Å². The Kier molecular flexibility index (Phi) is 32.1. The van der Waals surface area contributed by atoms with Gasteiger partial charge < -0.3 is 89.8 Å². The second-order valence-corrected chi connectivity index (χ2v) is 24.3. The van der Waals surface area contributed by atoms with Crippen LogP contribution in [-0.4, -0.2) is 212 Å². The van der Waals surface area contributed by atoms with Crippen molar-refractivity contribution in [2.45, 2.75) is 218 Å². The van der Waals surface area contributed by atoms with E-state index in [1.807, 2.05) is 16.7 Å². The fraction of sp³-hybridized carbons (Fsp3) is 0.695. The first-order chi connectivity index (χ1) is 43.2. The number of carbonyl (C=O) groups excluding carboxylic acids is 13. The number of carboxylic acid groups (broad SMARTS) is 3. The molecular weight excluding hydrogens is 1210 g/mol. The number of nitrogens with two attached hydrogens (primary N) is 2. The van der Waals surface area contributed by atoms with Gasteiger partial charge in [-0.3, -0.25) is 76.7 Å². The van der Waals surface area contributed by atoms with Gasteiger partial charge in [0, 0.05) is 25.6 Å². The minimum atomic E-state index is -2.13. The van der Waals surface area contributed by atoms with E-state index in [2.05, 4.69) is 56.4 Å². The van der Waals surface area contributed by atoms with Crippen molar-refractivity contribution >= 4 is 94.7 Å². The molecule has 3 heterocycles. The Bertz CT molecular complexity index is 2720. The molecule has 0 saturated carbocycles. The highest BCUT2D eigenvalue weighted by atomic mass is 16.4. The number of allylic oxidation sites excluding steroid dienone is 1. The minimum Gasteiger partial charge on any atom is -0.481 e. The Hall–Kier alpha value is -8.78. The van der Waals surface area contributed by atoms with E-state index in [0.717, 1.165) is 50.3 Å². The summed E-state index contributed by atoms with van der Waals surface area (Å²) in [5, 5.41) is 52.6. The molecule has 92 heavy (non-hydrogen) atoms. The van der Waals surface area contributed by atoms with Crippen molar-refractivity contribution < 1.29 is 92.0 Å². The molecule has 0 spiro atoms. The monoisotopic (exact) mass is 1300 g/mol. The summed E-state index contributed by atoms with van der Waals surface area (Å²) in [7, 11) is 0. The molecule has 0 aliphatic carbocycles. The topological polar surface area (TPSA) is 513 Å². The third-order valence-electron chi connectivity index (χ3n) is 15.8. The Balaban J connectivity index is 2.16. The highest BCUT2D eigenvalue weighted by Gasteiger charge is 2.45. The van der Waals surface area contributed by atoms with Crippen LogP contribution in [0.1, 0.15) is 151 Å². The summed E-state index contributed by atoms with van der Waals surface area (Å²) < 4.78 is 0. The molecule has 3 rings (SSSR count). The summed E-state index contributed by atoms with van der Waals surface area (Å²) in [6.07, 6.45) is 7.71. The van der Waals surface area contributed by atoms with Crippen molar-refractivity contribution in [3.63, 3.8) is 0 Å². The van der Waals surface area contributed by atoms with Crippen LogP contribution in [0.15, 0.2) is 12.2 Å². The number of amides is 13. The van der Waals surface area contributed by atoms with E-state index in [4.69, 9.17) is 11.5 Å². The van der Waals surface area contributed by atoms with Crippen molar-refractivity contribution in [3.05, 3.63) is 12.2 Å². The van der Waals surface area contributed by atoms with E-state index >= 15 is 4.79 Å². The lowest BCUT2D eigenvalue weighted by molar-refractivity contribution is -0.149. The molecule has 3 aliphatic rings. The van der Waals surface area contributed by atoms with Crippen LogP contribution in [-0.2, 0) is 76.7 Å². The first kappa shape index (κ1) is 77.5. The average molecular weight is 1300 g/mol. The third kappa shape index (κ3) is 25.5. The maximum atomic E-state index is 15.2. The zero-order valence-electron chi connectivity index (χ0n) is 53.3. The molecule has 1 unspecified atom stereocenters. The number of fused-ring (bicyclic) bond motifs is 2. The predicted molar refractivity (Wildman–Crippen MR) is 326 cm³/mol. The van der Waals surface area contributed by atoms with Crippen molar-refractivity contribution in [1.82, 2.24) is 63.0 Å². The molecule has 33 heteroatoms. The van der Waals surface area contributed by atoms with Crippen LogP contribution in [0.5, 0.6) is 0 Å². The number of nitrogens with one attached hydrogen (secondary N) is 10. The second-order valence-electron chi connectivity index (χ2n) is 24.3. The smallest absolute Gasteiger partial charge is 0.308 e. The molecule has 0 aromatic heterocycles. The zero-order valence-corrected chi connectivity index (χ0v) is 53.3. The molecule has 3 fully saturated rings. The van der Waals surface area contributed by atoms with Crippen LogP contribution in [0.25, 0.3) is 0 Å². The van der Waals surface area contributed by atoms with Gasteiger partial charge >= 0.3 is 17.9 Å². The number of nitrogens with zero attached hydrogens (tertiary/aromatic N) is 2. The molecule has 514 valence electrons. The molecule has 0 aromatic carbocycles. The van der Waals surface area contributed by atoms with E-state index in [0.29, 0.717) is 12.3 Å². The fourth-order valence-electron chi connectivity index (χ4n) is 10.6. The molecule has 0 bridgehead atoms. The largest absolute Gasteiger partial charge is 0.481 e. The van der Waals surface area contributed by atoms with Crippen molar-refractivity contribution in [1.29, 1.82) is 0 Å². The molecule has 17 N–H and O–H groups in total. The van der Waals surface area contributed by atoms with Gasteiger partial charge in [0.25, 0.3) is 0 Å². The number of hydrogen-bond acceptors (Lipinski definition) is 17. The summed E-state index contributed by atoms with van der Waals surface area (Å²) >= 11 is 0. The Labute approximate surface area is 533 Å². The van der Waals surface area contributed by atoms with Crippen molar-refractivity contribution in [2.75, 3.05) is 26.2 Å². The molecule has 0 radical (unpaired) electrons. The van der Waals surface area contributed by atoms with Crippen LogP contribution >= 0.6 is 0 Å². The summed E-state index contributed by atoms with van der Waals surface area (Å²) in [4.78, 5) is 219. The van der Waals surface area contributed by atoms with Crippen LogP contribution in [0, 0.1) is 17.8 Å².